The van der Waals surface area contributed by atoms with Gasteiger partial charge in [-0.2, -0.15) is 0 Å². The van der Waals surface area contributed by atoms with Crippen molar-refractivity contribution in [2.75, 3.05) is 6.54 Å². The number of carbonyl (C=O) groups excluding carboxylic acids is 1. The zero-order valence-electron chi connectivity index (χ0n) is 8.43. The largest absolute Gasteiger partial charge is 0.481 e. The van der Waals surface area contributed by atoms with Crippen LogP contribution in [-0.2, 0) is 9.59 Å². The molecule has 1 aliphatic rings. The van der Waals surface area contributed by atoms with E-state index in [0.29, 0.717) is 0 Å². The molecule has 0 aromatic heterocycles. The van der Waals surface area contributed by atoms with E-state index in [-0.39, 0.29) is 18.0 Å². The van der Waals surface area contributed by atoms with Gasteiger partial charge in [0.1, 0.15) is 0 Å². The van der Waals surface area contributed by atoms with Crippen molar-refractivity contribution in [3.8, 4) is 0 Å². The molecule has 3 N–H and O–H groups in total. The summed E-state index contributed by atoms with van der Waals surface area (Å²) in [4.78, 5) is 23.5. The summed E-state index contributed by atoms with van der Waals surface area (Å²) in [6, 6.07) is -0.412. The summed E-state index contributed by atoms with van der Waals surface area (Å²) in [5, 5.41) is 8.80. The third-order valence-electron chi connectivity index (χ3n) is 3.03. The maximum absolute atomic E-state index is 10.9. The van der Waals surface area contributed by atoms with Gasteiger partial charge in [-0.15, -0.1) is 0 Å². The number of rotatable bonds is 4. The summed E-state index contributed by atoms with van der Waals surface area (Å²) in [6.07, 6.45) is 0.742. The standard InChI is InChI=1S/C9H16N2O3/c1-5(9(13)14)6(2)11-4-3-7(11)8(10)12/h5-7H,3-4H2,1-2H3,(H2,10,12)(H,13,14). The smallest absolute Gasteiger partial charge is 0.307 e. The Balaban J connectivity index is 2.57. The number of hydrogen-bond donors (Lipinski definition) is 2. The zero-order valence-corrected chi connectivity index (χ0v) is 8.43. The van der Waals surface area contributed by atoms with Crippen LogP contribution in [0.2, 0.25) is 0 Å². The van der Waals surface area contributed by atoms with Gasteiger partial charge in [0, 0.05) is 12.6 Å². The summed E-state index contributed by atoms with van der Waals surface area (Å²) in [5.74, 6) is -1.68. The fraction of sp³-hybridized carbons (Fsp3) is 0.778. The predicted molar refractivity (Wildman–Crippen MR) is 50.6 cm³/mol. The molecule has 1 heterocycles. The molecule has 0 saturated carbocycles. The summed E-state index contributed by atoms with van der Waals surface area (Å²) in [7, 11) is 0. The van der Waals surface area contributed by atoms with E-state index in [1.54, 1.807) is 6.92 Å². The van der Waals surface area contributed by atoms with E-state index in [9.17, 15) is 9.59 Å². The van der Waals surface area contributed by atoms with Gasteiger partial charge in [0.15, 0.2) is 0 Å². The van der Waals surface area contributed by atoms with Gasteiger partial charge >= 0.3 is 5.97 Å². The average molecular weight is 200 g/mol. The van der Waals surface area contributed by atoms with Crippen LogP contribution in [0.5, 0.6) is 0 Å². The maximum Gasteiger partial charge on any atom is 0.307 e. The second-order valence-corrected chi connectivity index (χ2v) is 3.81. The first-order valence-corrected chi connectivity index (χ1v) is 4.73. The molecule has 5 heteroatoms. The van der Waals surface area contributed by atoms with Gasteiger partial charge in [-0.25, -0.2) is 0 Å². The van der Waals surface area contributed by atoms with Crippen LogP contribution in [0.3, 0.4) is 0 Å². The third-order valence-corrected chi connectivity index (χ3v) is 3.03. The second-order valence-electron chi connectivity index (χ2n) is 3.81. The highest BCUT2D eigenvalue weighted by Crippen LogP contribution is 2.24. The first kappa shape index (κ1) is 11.0. The Morgan fingerprint density at radius 3 is 2.36 bits per heavy atom. The van der Waals surface area contributed by atoms with E-state index < -0.39 is 11.9 Å². The van der Waals surface area contributed by atoms with Crippen LogP contribution in [0.4, 0.5) is 0 Å². The molecule has 1 amide bonds. The summed E-state index contributed by atoms with van der Waals surface area (Å²) in [6.45, 7) is 4.21. The number of nitrogens with zero attached hydrogens (tertiary/aromatic N) is 1. The number of amides is 1. The minimum absolute atomic E-state index is 0.140. The predicted octanol–water partition coefficient (Wildman–Crippen LogP) is -0.345. The molecule has 0 aliphatic carbocycles. The number of carboxylic acids is 1. The van der Waals surface area contributed by atoms with Gasteiger partial charge in [-0.1, -0.05) is 6.92 Å². The van der Waals surface area contributed by atoms with Crippen molar-refractivity contribution in [1.29, 1.82) is 0 Å². The molecule has 1 aliphatic heterocycles. The lowest BCUT2D eigenvalue weighted by molar-refractivity contribution is -0.146. The number of nitrogens with two attached hydrogens (primary N) is 1. The minimum atomic E-state index is -0.840. The Morgan fingerprint density at radius 2 is 2.07 bits per heavy atom. The Labute approximate surface area is 82.9 Å². The van der Waals surface area contributed by atoms with E-state index in [1.807, 2.05) is 11.8 Å². The summed E-state index contributed by atoms with van der Waals surface area (Å²) < 4.78 is 0. The van der Waals surface area contributed by atoms with E-state index in [4.69, 9.17) is 10.8 Å². The monoisotopic (exact) mass is 200 g/mol. The van der Waals surface area contributed by atoms with Crippen molar-refractivity contribution in [1.82, 2.24) is 4.90 Å². The average Bonchev–Trinajstić information content (AvgIpc) is 1.99. The quantitative estimate of drug-likeness (QED) is 0.650. The molecular formula is C9H16N2O3. The topological polar surface area (TPSA) is 83.6 Å². The van der Waals surface area contributed by atoms with Crippen molar-refractivity contribution in [2.45, 2.75) is 32.4 Å². The molecule has 0 bridgehead atoms. The molecule has 3 unspecified atom stereocenters. The molecule has 5 nitrogen and oxygen atoms in total. The minimum Gasteiger partial charge on any atom is -0.481 e. The lowest BCUT2D eigenvalue weighted by atomic mass is 9.93. The molecule has 3 atom stereocenters. The van der Waals surface area contributed by atoms with Crippen LogP contribution in [0.25, 0.3) is 0 Å². The van der Waals surface area contributed by atoms with E-state index in [2.05, 4.69) is 0 Å². The molecule has 80 valence electrons. The lowest BCUT2D eigenvalue weighted by Crippen LogP contribution is -2.60. The van der Waals surface area contributed by atoms with E-state index in [0.717, 1.165) is 13.0 Å². The fourth-order valence-electron chi connectivity index (χ4n) is 1.69. The summed E-state index contributed by atoms with van der Waals surface area (Å²) >= 11 is 0. The lowest BCUT2D eigenvalue weighted by Gasteiger charge is -2.44. The Bertz CT molecular complexity index is 238. The van der Waals surface area contributed by atoms with E-state index in [1.165, 1.54) is 0 Å². The van der Waals surface area contributed by atoms with Gasteiger partial charge in [-0.3, -0.25) is 14.5 Å². The molecule has 1 rings (SSSR count). The van der Waals surface area contributed by atoms with Crippen molar-refractivity contribution in [3.05, 3.63) is 0 Å². The Hall–Kier alpha value is -1.10. The van der Waals surface area contributed by atoms with Gasteiger partial charge in [-0.05, 0) is 13.3 Å². The number of carboxylic acid groups (broad SMARTS) is 1. The van der Waals surface area contributed by atoms with Gasteiger partial charge in [0.25, 0.3) is 0 Å². The molecule has 0 radical (unpaired) electrons. The first-order chi connectivity index (χ1) is 6.45. The van der Waals surface area contributed by atoms with Gasteiger partial charge in [0.05, 0.1) is 12.0 Å². The van der Waals surface area contributed by atoms with Crippen molar-refractivity contribution in [2.24, 2.45) is 11.7 Å². The van der Waals surface area contributed by atoms with Crippen molar-refractivity contribution in [3.63, 3.8) is 0 Å². The van der Waals surface area contributed by atoms with Crippen LogP contribution in [0, 0.1) is 5.92 Å². The Kier molecular flexibility index (Phi) is 3.10. The molecule has 0 spiro atoms. The number of carbonyl (C=O) groups is 2. The fourth-order valence-corrected chi connectivity index (χ4v) is 1.69. The van der Waals surface area contributed by atoms with Crippen LogP contribution in [0.15, 0.2) is 0 Å². The zero-order chi connectivity index (χ0) is 10.9. The van der Waals surface area contributed by atoms with E-state index >= 15 is 0 Å². The summed E-state index contributed by atoms with van der Waals surface area (Å²) in [5.41, 5.74) is 5.17. The molecule has 0 aromatic carbocycles. The highest BCUT2D eigenvalue weighted by molar-refractivity contribution is 5.81. The molecule has 0 aromatic rings. The third kappa shape index (κ3) is 1.87. The van der Waals surface area contributed by atoms with Crippen LogP contribution in [0.1, 0.15) is 20.3 Å². The van der Waals surface area contributed by atoms with Crippen LogP contribution < -0.4 is 5.73 Å². The molecular weight excluding hydrogens is 184 g/mol. The molecule has 1 fully saturated rings. The molecule has 14 heavy (non-hydrogen) atoms. The SMILES string of the molecule is CC(C(=O)O)C(C)N1CCC1C(N)=O. The van der Waals surface area contributed by atoms with Gasteiger partial charge in [0.2, 0.25) is 5.91 Å². The van der Waals surface area contributed by atoms with Gasteiger partial charge < -0.3 is 10.8 Å². The molecule has 1 saturated heterocycles. The number of hydrogen-bond acceptors (Lipinski definition) is 3. The number of primary amides is 1. The van der Waals surface area contributed by atoms with Crippen molar-refractivity contribution >= 4 is 11.9 Å². The maximum atomic E-state index is 10.9. The number of likely N-dealkylation sites (tertiary alicyclic amines) is 1. The second kappa shape index (κ2) is 3.96. The highest BCUT2D eigenvalue weighted by atomic mass is 16.4. The highest BCUT2D eigenvalue weighted by Gasteiger charge is 2.38. The van der Waals surface area contributed by atoms with Crippen molar-refractivity contribution < 1.29 is 14.7 Å². The number of aliphatic carboxylic acids is 1. The normalized spacial score (nSPS) is 26.3. The Morgan fingerprint density at radius 1 is 1.50 bits per heavy atom. The van der Waals surface area contributed by atoms with Crippen LogP contribution in [-0.4, -0.2) is 40.5 Å². The first-order valence-electron chi connectivity index (χ1n) is 4.73. The van der Waals surface area contributed by atoms with Crippen LogP contribution >= 0.6 is 0 Å².